The smallest absolute Gasteiger partial charge is 0.246 e. The van der Waals surface area contributed by atoms with E-state index in [4.69, 9.17) is 32.1 Å². The van der Waals surface area contributed by atoms with Crippen molar-refractivity contribution in [2.75, 3.05) is 72.3 Å². The van der Waals surface area contributed by atoms with Crippen LogP contribution < -0.4 is 91.6 Å². The van der Waals surface area contributed by atoms with Crippen molar-refractivity contribution in [3.8, 4) is 0 Å². The van der Waals surface area contributed by atoms with Gasteiger partial charge >= 0.3 is 0 Å². The van der Waals surface area contributed by atoms with Gasteiger partial charge < -0.3 is 131 Å². The maximum atomic E-state index is 15.4. The third-order valence-corrected chi connectivity index (χ3v) is 23.0. The molecule has 742 valence electrons. The molecule has 15 amide bonds. The summed E-state index contributed by atoms with van der Waals surface area (Å²) in [6, 6.07) is -2.13. The molecule has 0 saturated carbocycles. The Labute approximate surface area is 780 Å². The van der Waals surface area contributed by atoms with Gasteiger partial charge in [0.05, 0.1) is 63.7 Å². The second-order valence-corrected chi connectivity index (χ2v) is 34.0. The number of ether oxygens (including phenoxy) is 2. The third kappa shape index (κ3) is 41.6. The number of unbranched alkanes of at least 4 members (excludes halogenated alkanes) is 13. The van der Waals surface area contributed by atoms with E-state index in [-0.39, 0.29) is 115 Å². The number of H-pyrrole nitrogens is 2. The van der Waals surface area contributed by atoms with Crippen LogP contribution in [-0.2, 0) is 105 Å². The van der Waals surface area contributed by atoms with Crippen LogP contribution in [0.3, 0.4) is 0 Å². The topological polar surface area (TPSA) is 670 Å². The van der Waals surface area contributed by atoms with E-state index in [2.05, 4.69) is 96.3 Å². The highest BCUT2D eigenvalue weighted by Gasteiger charge is 2.44. The SMILES string of the molecule is CCCCCCCCCCCCCCCC(=O)NCCOCCOCC(=O)NCC(=O)N[C@H](C(=O)N[C@@H](CCC(N)=O)C(=O)N[C@@H](Cc1c[nH]cn1)C(=O)N[C@@H](CO)C(=O)N[C@@H](CCCC)C(=O)N[C@H]1CCC(=O)CNCCCC[C@@H](C(N)=O)NC(=O)[C@H](Cc2c[nH]c3ccccc23)NC(=O)[C@H](CCCNC(=N)N)NC(=O)[C@@H](Cc2ccccc2)NC(=O)[C@@H]2C[C@@H](O)CN2C1=O)[C@@H](C)O. The molecule has 6 rings (SSSR count). The van der Waals surface area contributed by atoms with Crippen molar-refractivity contribution in [1.82, 2.24) is 94.3 Å². The molecule has 13 atom stereocenters. The average molecular weight is 1880 g/mol. The van der Waals surface area contributed by atoms with Gasteiger partial charge in [0.2, 0.25) is 88.6 Å². The first-order chi connectivity index (χ1) is 64.4. The number of nitrogens with two attached hydrogens (primary N) is 3. The summed E-state index contributed by atoms with van der Waals surface area (Å²) in [4.78, 5) is 236. The highest BCUT2D eigenvalue weighted by atomic mass is 16.5. The van der Waals surface area contributed by atoms with Crippen LogP contribution in [0.25, 0.3) is 10.9 Å². The standard InChI is InChI=1S/C91H142N22O21/c1-4-6-8-9-10-11-12-13-14-15-16-17-21-34-76(119)98-41-42-133-43-44-134-55-78(121)101-52-77(120)112-79(57(3)115)89(131)106-68(37-38-75(92)118)83(125)109-72(47-60-50-97-56-102-60)86(128)111-73(54-114)87(129)105-66(30-7-5-2)81(123)107-69-36-35-61(116)51-96-39-25-24-32-65(80(93)122)103-85(127)71(46-59-49-100-64-31-23-22-29-63(59)64)108-82(124)67(33-26-40-99-91(94)95)104-84(126)70(45-58-27-19-18-20-28-58)110-88(130)74-48-62(117)53-113(74)90(69)132/h18-20,22-23,27-29,31,49-50,56-57,62,65-74,79,96,100,114-115,117H,4-17,21,24-26,30,32-48,51-55H2,1-3H3,(H2,92,118)(H2,93,122)(H,97,102)(H,98,119)(H,101,121)(H,103,127)(H,104,126)(H,105,129)(H,106,131)(H,107,123)(H,108,124)(H,109,125)(H,110,130)(H,111,128)(H,112,120)(H4,94,95,99)/t57-,62-,65+,66+,67+,68+,69+,70-,71+,72+,73+,74+,79+/m1/s1. The summed E-state index contributed by atoms with van der Waals surface area (Å²) in [5.74, 6) is -14.7. The summed E-state index contributed by atoms with van der Waals surface area (Å²) in [6.45, 7) is 2.78. The van der Waals surface area contributed by atoms with Gasteiger partial charge in [0, 0.05) is 87.9 Å². The molecule has 0 spiro atoms. The molecule has 26 N–H and O–H groups in total. The Kier molecular flexibility index (Phi) is 51.0. The van der Waals surface area contributed by atoms with Crippen LogP contribution in [0.2, 0.25) is 0 Å². The number of nitrogens with one attached hydrogen (secondary N) is 17. The van der Waals surface area contributed by atoms with Crippen LogP contribution in [-0.4, -0.2) is 286 Å². The molecule has 43 nitrogen and oxygen atoms in total. The lowest BCUT2D eigenvalue weighted by atomic mass is 10.0. The summed E-state index contributed by atoms with van der Waals surface area (Å²) in [7, 11) is 0. The number of carbonyl (C=O) groups excluding carboxylic acids is 16. The molecule has 4 heterocycles. The number of fused-ring (bicyclic) bond motifs is 2. The number of aromatic amines is 2. The predicted molar refractivity (Wildman–Crippen MR) is 494 cm³/mol. The number of hydrogen-bond donors (Lipinski definition) is 23. The molecule has 2 aromatic heterocycles. The fourth-order valence-electron chi connectivity index (χ4n) is 15.4. The van der Waals surface area contributed by atoms with E-state index in [1.807, 2.05) is 12.1 Å². The molecule has 0 unspecified atom stereocenters. The minimum absolute atomic E-state index is 0.00991. The van der Waals surface area contributed by atoms with Gasteiger partial charge in [-0.25, -0.2) is 4.98 Å². The van der Waals surface area contributed by atoms with Crippen molar-refractivity contribution < 1.29 is 102 Å². The van der Waals surface area contributed by atoms with Crippen molar-refractivity contribution in [3.63, 3.8) is 0 Å². The number of amides is 15. The first kappa shape index (κ1) is 111. The summed E-state index contributed by atoms with van der Waals surface area (Å²) in [5.41, 5.74) is 18.9. The first-order valence-electron chi connectivity index (χ1n) is 46.8. The number of aromatic nitrogens is 3. The van der Waals surface area contributed by atoms with E-state index in [0.29, 0.717) is 30.4 Å². The number of Topliss-reactive ketones (excluding diaryl/α,β-unsaturated/α-hetero) is 1. The fourth-order valence-corrected chi connectivity index (χ4v) is 15.4. The van der Waals surface area contributed by atoms with Crippen LogP contribution in [0.15, 0.2) is 73.3 Å². The monoisotopic (exact) mass is 1880 g/mol. The third-order valence-electron chi connectivity index (χ3n) is 23.0. The van der Waals surface area contributed by atoms with Crippen molar-refractivity contribution in [3.05, 3.63) is 90.1 Å². The lowest BCUT2D eigenvalue weighted by Gasteiger charge is -2.31. The molecular formula is C91H142N22O21. The van der Waals surface area contributed by atoms with Crippen LogP contribution in [0.5, 0.6) is 0 Å². The van der Waals surface area contributed by atoms with E-state index in [1.165, 1.54) is 76.7 Å². The van der Waals surface area contributed by atoms with E-state index in [9.17, 15) is 77.6 Å². The number of carbonyl (C=O) groups is 16. The van der Waals surface area contributed by atoms with Gasteiger partial charge in [0.25, 0.3) is 0 Å². The van der Waals surface area contributed by atoms with Gasteiger partial charge in [0.15, 0.2) is 5.96 Å². The van der Waals surface area contributed by atoms with Crippen molar-refractivity contribution >= 4 is 111 Å². The second-order valence-electron chi connectivity index (χ2n) is 34.0. The maximum absolute atomic E-state index is 15.4. The normalized spacial score (nSPS) is 19.3. The molecule has 134 heavy (non-hydrogen) atoms. The van der Waals surface area contributed by atoms with Gasteiger partial charge in [-0.05, 0) is 88.4 Å². The molecule has 0 bridgehead atoms. The number of primary amides is 2. The van der Waals surface area contributed by atoms with E-state index < -0.39 is 232 Å². The lowest BCUT2D eigenvalue weighted by Crippen LogP contribution is -2.61. The maximum Gasteiger partial charge on any atom is 0.246 e. The molecule has 0 radical (unpaired) electrons. The number of benzene rings is 2. The first-order valence-corrected chi connectivity index (χ1v) is 46.8. The molecule has 43 heteroatoms. The van der Waals surface area contributed by atoms with Gasteiger partial charge in [-0.1, -0.05) is 152 Å². The number of ketones is 1. The second kappa shape index (κ2) is 61.7. The molecular weight excluding hydrogens is 1740 g/mol. The minimum Gasteiger partial charge on any atom is -0.394 e. The Bertz CT molecular complexity index is 4410. The molecule has 2 aliphatic heterocycles. The minimum atomic E-state index is -1.92. The molecule has 4 aromatic rings. The van der Waals surface area contributed by atoms with Crippen molar-refractivity contribution in [2.45, 2.75) is 292 Å². The summed E-state index contributed by atoms with van der Waals surface area (Å²) in [5, 5.41) is 77.9. The van der Waals surface area contributed by atoms with Crippen molar-refractivity contribution in [1.29, 1.82) is 5.41 Å². The summed E-state index contributed by atoms with van der Waals surface area (Å²) < 4.78 is 10.8. The van der Waals surface area contributed by atoms with Gasteiger partial charge in [-0.2, -0.15) is 0 Å². The number of para-hydroxylation sites is 1. The molecule has 2 aromatic carbocycles. The van der Waals surface area contributed by atoms with Gasteiger partial charge in [-0.3, -0.25) is 82.1 Å². The molecule has 2 aliphatic rings. The summed E-state index contributed by atoms with van der Waals surface area (Å²) in [6.07, 6.45) is 15.3. The Morgan fingerprint density at radius 2 is 1.21 bits per heavy atom. The summed E-state index contributed by atoms with van der Waals surface area (Å²) >= 11 is 0. The number of nitrogens with zero attached hydrogens (tertiary/aromatic N) is 2. The molecule has 2 fully saturated rings. The zero-order valence-corrected chi connectivity index (χ0v) is 77.2. The number of aliphatic hydroxyl groups excluding tert-OH is 3. The van der Waals surface area contributed by atoms with E-state index in [1.54, 1.807) is 55.6 Å². The van der Waals surface area contributed by atoms with Gasteiger partial charge in [-0.15, -0.1) is 0 Å². The van der Waals surface area contributed by atoms with Crippen LogP contribution in [0.4, 0.5) is 0 Å². The predicted octanol–water partition coefficient (Wildman–Crippen LogP) is -1.82. The molecule has 2 saturated heterocycles. The number of guanidine groups is 1. The lowest BCUT2D eigenvalue weighted by molar-refractivity contribution is -0.143. The van der Waals surface area contributed by atoms with Gasteiger partial charge in [0.1, 0.15) is 78.9 Å². The Morgan fingerprint density at radius 1 is 0.597 bits per heavy atom. The van der Waals surface area contributed by atoms with Crippen molar-refractivity contribution in [2.24, 2.45) is 17.2 Å². The Hall–Kier alpha value is -12.1. The quantitative estimate of drug-likeness (QED) is 0.0131. The number of imidazole rings is 1. The zero-order chi connectivity index (χ0) is 97.7. The highest BCUT2D eigenvalue weighted by molar-refractivity contribution is 6.01. The number of hydrogen-bond acceptors (Lipinski definition) is 24. The number of aliphatic hydroxyl groups is 3. The zero-order valence-electron chi connectivity index (χ0n) is 77.2. The van der Waals surface area contributed by atoms with E-state index >= 15 is 14.4 Å². The largest absolute Gasteiger partial charge is 0.394 e. The highest BCUT2D eigenvalue weighted by Crippen LogP contribution is 2.24. The Balaban J connectivity index is 1.12. The van der Waals surface area contributed by atoms with E-state index in [0.717, 1.165) is 42.0 Å². The van der Waals surface area contributed by atoms with Crippen LogP contribution >= 0.6 is 0 Å². The fraction of sp³-hybridized carbons (Fsp3) is 0.626. The number of rotatable bonds is 54. The van der Waals surface area contributed by atoms with Crippen LogP contribution in [0, 0.1) is 5.41 Å². The average Bonchev–Trinajstić information content (AvgIpc) is 1.68. The van der Waals surface area contributed by atoms with Crippen LogP contribution in [0.1, 0.15) is 211 Å². The molecule has 0 aliphatic carbocycles. The Morgan fingerprint density at radius 3 is 1.88 bits per heavy atom.